The predicted molar refractivity (Wildman–Crippen MR) is 90.4 cm³/mol. The van der Waals surface area contributed by atoms with Crippen molar-refractivity contribution >= 4 is 5.97 Å². The zero-order chi connectivity index (χ0) is 17.3. The van der Waals surface area contributed by atoms with Crippen molar-refractivity contribution in [3.05, 3.63) is 11.1 Å². The van der Waals surface area contributed by atoms with Gasteiger partial charge in [0.1, 0.15) is 5.41 Å². The Bertz CT molecular complexity index is 483. The van der Waals surface area contributed by atoms with Crippen LogP contribution in [0.5, 0.6) is 0 Å². The largest absolute Gasteiger partial charge is 0.480 e. The van der Waals surface area contributed by atoms with Crippen LogP contribution in [0.2, 0.25) is 0 Å². The van der Waals surface area contributed by atoms with Crippen molar-refractivity contribution in [3.63, 3.8) is 0 Å². The first-order valence-corrected chi connectivity index (χ1v) is 9.26. The lowest BCUT2D eigenvalue weighted by Crippen LogP contribution is -2.47. The van der Waals surface area contributed by atoms with Crippen LogP contribution in [-0.4, -0.2) is 27.7 Å². The molecule has 4 heteroatoms. The van der Waals surface area contributed by atoms with E-state index in [4.69, 9.17) is 0 Å². The van der Waals surface area contributed by atoms with E-state index in [-0.39, 0.29) is 0 Å². The molecule has 0 amide bonds. The van der Waals surface area contributed by atoms with Gasteiger partial charge in [-0.15, -0.1) is 10.3 Å². The lowest BCUT2D eigenvalue weighted by Gasteiger charge is -2.32. The van der Waals surface area contributed by atoms with Gasteiger partial charge in [-0.05, 0) is 63.5 Å². The lowest BCUT2D eigenvalue weighted by atomic mass is 9.84. The van der Waals surface area contributed by atoms with Gasteiger partial charge < -0.3 is 5.11 Å². The number of rotatable bonds is 9. The predicted octanol–water partition coefficient (Wildman–Crippen LogP) is 4.73. The molecule has 0 bridgehead atoms. The Morgan fingerprint density at radius 3 is 2.13 bits per heavy atom. The summed E-state index contributed by atoms with van der Waals surface area (Å²) in [4.78, 5) is 12.2. The Balaban J connectivity index is 2.24. The summed E-state index contributed by atoms with van der Waals surface area (Å²) < 4.78 is 0. The molecule has 1 aliphatic heterocycles. The minimum absolute atomic E-state index is 0.404. The molecule has 1 radical (unpaired) electrons. The van der Waals surface area contributed by atoms with Gasteiger partial charge in [0.25, 0.3) is 0 Å². The van der Waals surface area contributed by atoms with E-state index < -0.39 is 23.0 Å². The number of carboxylic acids is 1. The van der Waals surface area contributed by atoms with E-state index in [1.54, 1.807) is 0 Å². The zero-order valence-electron chi connectivity index (χ0n) is 15.2. The second-order valence-electron chi connectivity index (χ2n) is 7.82. The van der Waals surface area contributed by atoms with Crippen LogP contribution in [0.3, 0.4) is 0 Å². The summed E-state index contributed by atoms with van der Waals surface area (Å²) in [7, 11) is 0. The van der Waals surface area contributed by atoms with Crippen LogP contribution in [0, 0.1) is 5.41 Å². The Morgan fingerprint density at radius 1 is 1.13 bits per heavy atom. The maximum atomic E-state index is 12.7. The van der Waals surface area contributed by atoms with Crippen molar-refractivity contribution in [2.75, 3.05) is 0 Å². The molecule has 1 fully saturated rings. The minimum Gasteiger partial charge on any atom is -0.480 e. The van der Waals surface area contributed by atoms with Gasteiger partial charge >= 0.3 is 5.97 Å². The van der Waals surface area contributed by atoms with Crippen molar-refractivity contribution in [1.29, 1.82) is 0 Å². The number of hydrogen-bond donors (Lipinski definition) is 1. The maximum absolute atomic E-state index is 12.7. The molecule has 4 nitrogen and oxygen atoms in total. The number of aliphatic carboxylic acids is 1. The van der Waals surface area contributed by atoms with Gasteiger partial charge in [0.2, 0.25) is 0 Å². The van der Waals surface area contributed by atoms with E-state index in [1.807, 2.05) is 13.8 Å². The normalized spacial score (nSPS) is 30.0. The third-order valence-electron chi connectivity index (χ3n) is 5.81. The van der Waals surface area contributed by atoms with E-state index in [9.17, 15) is 15.1 Å². The first kappa shape index (κ1) is 18.5. The van der Waals surface area contributed by atoms with Gasteiger partial charge in [-0.1, -0.05) is 33.1 Å². The van der Waals surface area contributed by atoms with E-state index in [0.717, 1.165) is 67.6 Å². The average Bonchev–Trinajstić information content (AvgIpc) is 3.04. The third kappa shape index (κ3) is 3.08. The summed E-state index contributed by atoms with van der Waals surface area (Å²) in [5, 5.41) is 23.9. The quantitative estimate of drug-likeness (QED) is 0.493. The standard InChI is InChI=1S/C19H32NO3/c1-5-7-9-11-15-14(10-8-6-2)19(15,17(21)22)16-12-13-18(3,4)20(16)23/h16H,5-13H2,1-4H3,(H,21,22). The highest BCUT2D eigenvalue weighted by atomic mass is 16.5. The minimum atomic E-state index is -0.946. The number of carboxylic acid groups (broad SMARTS) is 1. The topological polar surface area (TPSA) is 60.4 Å². The number of hydrogen-bond acceptors (Lipinski definition) is 2. The molecular formula is C19H32NO3. The molecule has 2 atom stereocenters. The summed E-state index contributed by atoms with van der Waals surface area (Å²) in [5.41, 5.74) is 0.764. The molecule has 0 aromatic heterocycles. The second kappa shape index (κ2) is 6.94. The van der Waals surface area contributed by atoms with Crippen molar-refractivity contribution in [2.24, 2.45) is 5.41 Å². The number of nitrogens with zero attached hydrogens (tertiary/aromatic N) is 1. The zero-order valence-corrected chi connectivity index (χ0v) is 15.2. The fourth-order valence-corrected chi connectivity index (χ4v) is 4.34. The Kier molecular flexibility index (Phi) is 5.57. The molecule has 1 N–H and O–H groups in total. The van der Waals surface area contributed by atoms with Crippen LogP contribution in [0.15, 0.2) is 11.1 Å². The Morgan fingerprint density at radius 2 is 1.70 bits per heavy atom. The van der Waals surface area contributed by atoms with Gasteiger partial charge in [0.05, 0.1) is 6.04 Å². The number of carbonyl (C=O) groups is 1. The van der Waals surface area contributed by atoms with Gasteiger partial charge in [-0.3, -0.25) is 4.79 Å². The molecule has 23 heavy (non-hydrogen) atoms. The van der Waals surface area contributed by atoms with Gasteiger partial charge in [-0.25, -0.2) is 0 Å². The van der Waals surface area contributed by atoms with Crippen LogP contribution in [-0.2, 0) is 10.0 Å². The van der Waals surface area contributed by atoms with Crippen molar-refractivity contribution < 1.29 is 15.1 Å². The van der Waals surface area contributed by atoms with Gasteiger partial charge in [-0.2, -0.15) is 0 Å². The van der Waals surface area contributed by atoms with Crippen LogP contribution in [0.4, 0.5) is 0 Å². The fraction of sp³-hybridized carbons (Fsp3) is 0.842. The summed E-state index contributed by atoms with van der Waals surface area (Å²) in [6.45, 7) is 8.14. The summed E-state index contributed by atoms with van der Waals surface area (Å²) in [5.74, 6) is -0.793. The highest BCUT2D eigenvalue weighted by Gasteiger charge is 2.67. The highest BCUT2D eigenvalue weighted by Crippen LogP contribution is 2.63. The fourth-order valence-electron chi connectivity index (χ4n) is 4.34. The monoisotopic (exact) mass is 322 g/mol. The second-order valence-corrected chi connectivity index (χ2v) is 7.82. The maximum Gasteiger partial charge on any atom is 0.319 e. The van der Waals surface area contributed by atoms with E-state index in [1.165, 1.54) is 0 Å². The Hall–Kier alpha value is -0.870. The molecule has 131 valence electrons. The first-order valence-electron chi connectivity index (χ1n) is 9.26. The van der Waals surface area contributed by atoms with Crippen molar-refractivity contribution in [3.8, 4) is 0 Å². The molecule has 1 saturated heterocycles. The Labute approximate surface area is 140 Å². The smallest absolute Gasteiger partial charge is 0.319 e. The van der Waals surface area contributed by atoms with Gasteiger partial charge in [0.15, 0.2) is 0 Å². The molecule has 1 aliphatic carbocycles. The SMILES string of the molecule is CCCCCC1=C(CCCC)C1(C(=O)O)C1CCC(C)(C)N1[O]. The summed E-state index contributed by atoms with van der Waals surface area (Å²) >= 11 is 0. The molecule has 0 aromatic carbocycles. The molecular weight excluding hydrogens is 290 g/mol. The van der Waals surface area contributed by atoms with Crippen molar-refractivity contribution in [1.82, 2.24) is 5.06 Å². The van der Waals surface area contributed by atoms with E-state index in [2.05, 4.69) is 13.8 Å². The molecule has 2 unspecified atom stereocenters. The van der Waals surface area contributed by atoms with Crippen LogP contribution < -0.4 is 0 Å². The molecule has 0 saturated carbocycles. The van der Waals surface area contributed by atoms with E-state index >= 15 is 0 Å². The molecule has 0 spiro atoms. The van der Waals surface area contributed by atoms with Crippen LogP contribution >= 0.6 is 0 Å². The summed E-state index contributed by atoms with van der Waals surface area (Å²) in [6, 6.07) is -0.404. The third-order valence-corrected chi connectivity index (χ3v) is 5.81. The molecule has 2 rings (SSSR count). The molecule has 2 aliphatic rings. The van der Waals surface area contributed by atoms with E-state index in [0.29, 0.717) is 6.42 Å². The number of unbranched alkanes of at least 4 members (excludes halogenated alkanes) is 3. The average molecular weight is 322 g/mol. The first-order chi connectivity index (χ1) is 10.8. The lowest BCUT2D eigenvalue weighted by molar-refractivity contribution is -0.232. The highest BCUT2D eigenvalue weighted by molar-refractivity contribution is 5.91. The summed E-state index contributed by atoms with van der Waals surface area (Å²) in [6.07, 6.45) is 8.51. The van der Waals surface area contributed by atoms with Crippen molar-refractivity contribution in [2.45, 2.75) is 97.1 Å². The molecule has 1 heterocycles. The van der Waals surface area contributed by atoms with Gasteiger partial charge in [0, 0.05) is 5.54 Å². The van der Waals surface area contributed by atoms with Crippen LogP contribution in [0.1, 0.15) is 85.5 Å². The number of hydroxylamine groups is 2. The van der Waals surface area contributed by atoms with Crippen LogP contribution in [0.25, 0.3) is 0 Å². The molecule has 0 aromatic rings.